The first-order valence-electron chi connectivity index (χ1n) is 9.53. The molecule has 3 rings (SSSR count). The van der Waals surface area contributed by atoms with Gasteiger partial charge in [0.05, 0.1) is 12.6 Å². The number of carbonyl (C=O) groups excluding carboxylic acids is 1. The molecule has 24 heavy (non-hydrogen) atoms. The third-order valence-electron chi connectivity index (χ3n) is 5.44. The van der Waals surface area contributed by atoms with E-state index in [2.05, 4.69) is 34.2 Å². The zero-order valence-corrected chi connectivity index (χ0v) is 14.9. The molecule has 1 amide bonds. The summed E-state index contributed by atoms with van der Waals surface area (Å²) in [6.45, 7) is 7.27. The maximum atomic E-state index is 12.5. The van der Waals surface area contributed by atoms with Crippen LogP contribution < -0.4 is 5.32 Å². The first-order chi connectivity index (χ1) is 11.7. The van der Waals surface area contributed by atoms with Crippen molar-refractivity contribution >= 4 is 5.91 Å². The highest BCUT2D eigenvalue weighted by atomic mass is 16.2. The number of carbonyl (C=O) groups is 1. The van der Waals surface area contributed by atoms with Crippen LogP contribution in [0, 0.1) is 0 Å². The molecule has 0 spiro atoms. The molecule has 0 aliphatic carbocycles. The molecule has 132 valence electrons. The highest BCUT2D eigenvalue weighted by molar-refractivity contribution is 5.78. The van der Waals surface area contributed by atoms with E-state index in [1.54, 1.807) is 0 Å². The molecule has 2 atom stereocenters. The molecule has 2 fully saturated rings. The van der Waals surface area contributed by atoms with Crippen molar-refractivity contribution in [3.05, 3.63) is 35.9 Å². The molecule has 1 aromatic carbocycles. The predicted octanol–water partition coefficient (Wildman–Crippen LogP) is 2.81. The fourth-order valence-electron chi connectivity index (χ4n) is 4.05. The van der Waals surface area contributed by atoms with Crippen molar-refractivity contribution in [2.75, 3.05) is 32.7 Å². The molecule has 4 heteroatoms. The Bertz CT molecular complexity index is 513. The summed E-state index contributed by atoms with van der Waals surface area (Å²) in [5.41, 5.74) is 1.16. The summed E-state index contributed by atoms with van der Waals surface area (Å²) in [5, 5.41) is 3.15. The van der Waals surface area contributed by atoms with Gasteiger partial charge >= 0.3 is 0 Å². The summed E-state index contributed by atoms with van der Waals surface area (Å²) < 4.78 is 0. The Morgan fingerprint density at radius 2 is 1.88 bits per heavy atom. The zero-order valence-electron chi connectivity index (χ0n) is 14.9. The first-order valence-corrected chi connectivity index (χ1v) is 9.53. The second kappa shape index (κ2) is 8.63. The lowest BCUT2D eigenvalue weighted by Gasteiger charge is -2.32. The molecular weight excluding hydrogens is 298 g/mol. The van der Waals surface area contributed by atoms with Crippen molar-refractivity contribution in [1.29, 1.82) is 0 Å². The fraction of sp³-hybridized carbons (Fsp3) is 0.650. The molecule has 1 aromatic rings. The lowest BCUT2D eigenvalue weighted by Crippen LogP contribution is -2.46. The van der Waals surface area contributed by atoms with Crippen molar-refractivity contribution < 1.29 is 4.79 Å². The van der Waals surface area contributed by atoms with Crippen LogP contribution in [0.1, 0.15) is 50.6 Å². The Labute approximate surface area is 146 Å². The van der Waals surface area contributed by atoms with Crippen molar-refractivity contribution in [3.8, 4) is 0 Å². The third-order valence-corrected chi connectivity index (χ3v) is 5.44. The maximum absolute atomic E-state index is 12.5. The summed E-state index contributed by atoms with van der Waals surface area (Å²) >= 11 is 0. The molecule has 2 saturated heterocycles. The predicted molar refractivity (Wildman–Crippen MR) is 97.9 cm³/mol. The van der Waals surface area contributed by atoms with Crippen LogP contribution >= 0.6 is 0 Å². The molecule has 0 bridgehead atoms. The van der Waals surface area contributed by atoms with Gasteiger partial charge in [0.2, 0.25) is 5.91 Å². The van der Waals surface area contributed by atoms with Gasteiger partial charge in [-0.25, -0.2) is 0 Å². The summed E-state index contributed by atoms with van der Waals surface area (Å²) in [6.07, 6.45) is 6.51. The van der Waals surface area contributed by atoms with Crippen molar-refractivity contribution in [3.63, 3.8) is 0 Å². The van der Waals surface area contributed by atoms with Crippen LogP contribution in [0.4, 0.5) is 0 Å². The van der Waals surface area contributed by atoms with E-state index in [0.717, 1.165) is 18.7 Å². The van der Waals surface area contributed by atoms with Crippen LogP contribution in [0.25, 0.3) is 0 Å². The molecule has 2 aliphatic rings. The standard InChI is InChI=1S/C20H31N3O/c1-17(18-9-4-2-5-10-18)21-20(24)16-23-14-8-11-19(23)15-22-12-6-3-7-13-22/h2,4-5,9-10,17,19H,3,6-8,11-16H2,1H3,(H,21,24)/t17-,19-/m0/s1. The Hall–Kier alpha value is -1.39. The minimum atomic E-state index is 0.0712. The SMILES string of the molecule is C[C@H](NC(=O)CN1CCC[C@H]1CN1CCCCC1)c1ccccc1. The van der Waals surface area contributed by atoms with Crippen LogP contribution in [-0.2, 0) is 4.79 Å². The van der Waals surface area contributed by atoms with E-state index in [0.29, 0.717) is 12.6 Å². The summed E-state index contributed by atoms with van der Waals surface area (Å²) in [6, 6.07) is 10.8. The molecule has 2 aliphatic heterocycles. The van der Waals surface area contributed by atoms with Gasteiger partial charge in [-0.2, -0.15) is 0 Å². The Morgan fingerprint density at radius 1 is 1.12 bits per heavy atom. The molecule has 1 N–H and O–H groups in total. The number of benzene rings is 1. The highest BCUT2D eigenvalue weighted by Crippen LogP contribution is 2.20. The van der Waals surface area contributed by atoms with Crippen LogP contribution in [0.15, 0.2) is 30.3 Å². The number of hydrogen-bond acceptors (Lipinski definition) is 3. The quantitative estimate of drug-likeness (QED) is 0.872. The minimum Gasteiger partial charge on any atom is -0.348 e. The van der Waals surface area contributed by atoms with E-state index in [1.165, 1.54) is 45.2 Å². The van der Waals surface area contributed by atoms with Crippen LogP contribution in [0.5, 0.6) is 0 Å². The van der Waals surface area contributed by atoms with Gasteiger partial charge in [0, 0.05) is 12.6 Å². The molecular formula is C20H31N3O. The van der Waals surface area contributed by atoms with Crippen LogP contribution in [0.3, 0.4) is 0 Å². The van der Waals surface area contributed by atoms with Gasteiger partial charge in [-0.1, -0.05) is 36.8 Å². The van der Waals surface area contributed by atoms with Gasteiger partial charge in [-0.15, -0.1) is 0 Å². The highest BCUT2D eigenvalue weighted by Gasteiger charge is 2.28. The molecule has 4 nitrogen and oxygen atoms in total. The molecule has 2 heterocycles. The van der Waals surface area contributed by atoms with E-state index >= 15 is 0 Å². The summed E-state index contributed by atoms with van der Waals surface area (Å²) in [5.74, 6) is 0.150. The van der Waals surface area contributed by atoms with Crippen LogP contribution in [0.2, 0.25) is 0 Å². The van der Waals surface area contributed by atoms with E-state index in [-0.39, 0.29) is 11.9 Å². The van der Waals surface area contributed by atoms with E-state index in [4.69, 9.17) is 0 Å². The van der Waals surface area contributed by atoms with Gasteiger partial charge in [0.1, 0.15) is 0 Å². The average Bonchev–Trinajstić information content (AvgIpc) is 3.03. The molecule has 0 aromatic heterocycles. The van der Waals surface area contributed by atoms with Crippen molar-refractivity contribution in [1.82, 2.24) is 15.1 Å². The summed E-state index contributed by atoms with van der Waals surface area (Å²) in [4.78, 5) is 17.4. The van der Waals surface area contributed by atoms with Crippen molar-refractivity contribution in [2.24, 2.45) is 0 Å². The van der Waals surface area contributed by atoms with Gasteiger partial charge in [0.15, 0.2) is 0 Å². The van der Waals surface area contributed by atoms with E-state index in [9.17, 15) is 4.79 Å². The number of piperidine rings is 1. The van der Waals surface area contributed by atoms with Gasteiger partial charge in [-0.3, -0.25) is 9.69 Å². The normalized spacial score (nSPS) is 24.0. The second-order valence-electron chi connectivity index (χ2n) is 7.33. The number of likely N-dealkylation sites (tertiary alicyclic amines) is 2. The topological polar surface area (TPSA) is 35.6 Å². The molecule has 0 unspecified atom stereocenters. The second-order valence-corrected chi connectivity index (χ2v) is 7.33. The number of hydrogen-bond donors (Lipinski definition) is 1. The number of nitrogens with zero attached hydrogens (tertiary/aromatic N) is 2. The number of nitrogens with one attached hydrogen (secondary N) is 1. The lowest BCUT2D eigenvalue weighted by atomic mass is 10.1. The minimum absolute atomic E-state index is 0.0712. The average molecular weight is 329 g/mol. The Morgan fingerprint density at radius 3 is 2.62 bits per heavy atom. The lowest BCUT2D eigenvalue weighted by molar-refractivity contribution is -0.123. The van der Waals surface area contributed by atoms with E-state index in [1.807, 2.05) is 18.2 Å². The number of rotatable bonds is 6. The summed E-state index contributed by atoms with van der Waals surface area (Å²) in [7, 11) is 0. The van der Waals surface area contributed by atoms with Gasteiger partial charge < -0.3 is 10.2 Å². The Kier molecular flexibility index (Phi) is 6.27. The zero-order chi connectivity index (χ0) is 16.8. The van der Waals surface area contributed by atoms with E-state index < -0.39 is 0 Å². The molecule has 0 radical (unpaired) electrons. The smallest absolute Gasteiger partial charge is 0.234 e. The van der Waals surface area contributed by atoms with Gasteiger partial charge in [-0.05, 0) is 57.8 Å². The first kappa shape index (κ1) is 17.4. The fourth-order valence-corrected chi connectivity index (χ4v) is 4.05. The monoisotopic (exact) mass is 329 g/mol. The molecule has 0 saturated carbocycles. The Balaban J connectivity index is 1.47. The van der Waals surface area contributed by atoms with Gasteiger partial charge in [0.25, 0.3) is 0 Å². The van der Waals surface area contributed by atoms with Crippen LogP contribution in [-0.4, -0.2) is 54.5 Å². The maximum Gasteiger partial charge on any atom is 0.234 e. The largest absolute Gasteiger partial charge is 0.348 e. The number of amides is 1. The van der Waals surface area contributed by atoms with Crippen molar-refractivity contribution in [2.45, 2.75) is 51.1 Å². The third kappa shape index (κ3) is 4.81.